The van der Waals surface area contributed by atoms with E-state index in [4.69, 9.17) is 9.47 Å². The zero-order valence-corrected chi connectivity index (χ0v) is 13.4. The quantitative estimate of drug-likeness (QED) is 0.579. The monoisotopic (exact) mass is 312 g/mol. The SMILES string of the molecule is CCOC(=O)Cc1ccc(C(C)=O)cc1OCc1ccccc1. The van der Waals surface area contributed by atoms with Gasteiger partial charge in [-0.25, -0.2) is 0 Å². The van der Waals surface area contributed by atoms with Gasteiger partial charge in [-0.05, 0) is 25.5 Å². The van der Waals surface area contributed by atoms with Crippen LogP contribution in [0.1, 0.15) is 35.3 Å². The summed E-state index contributed by atoms with van der Waals surface area (Å²) in [6.45, 7) is 3.98. The Morgan fingerprint density at radius 3 is 2.43 bits per heavy atom. The number of hydrogen-bond donors (Lipinski definition) is 0. The Labute approximate surface area is 136 Å². The molecule has 2 rings (SSSR count). The van der Waals surface area contributed by atoms with Crippen LogP contribution in [0.25, 0.3) is 0 Å². The lowest BCUT2D eigenvalue weighted by atomic mass is 10.1. The van der Waals surface area contributed by atoms with Gasteiger partial charge in [-0.3, -0.25) is 9.59 Å². The number of carbonyl (C=O) groups excluding carboxylic acids is 2. The molecule has 0 N–H and O–H groups in total. The zero-order valence-electron chi connectivity index (χ0n) is 13.4. The molecule has 2 aromatic carbocycles. The number of carbonyl (C=O) groups is 2. The van der Waals surface area contributed by atoms with E-state index in [-0.39, 0.29) is 18.2 Å². The van der Waals surface area contributed by atoms with E-state index in [1.807, 2.05) is 30.3 Å². The van der Waals surface area contributed by atoms with Crippen molar-refractivity contribution in [3.63, 3.8) is 0 Å². The van der Waals surface area contributed by atoms with Crippen LogP contribution < -0.4 is 4.74 Å². The van der Waals surface area contributed by atoms with Gasteiger partial charge in [0.2, 0.25) is 0 Å². The summed E-state index contributed by atoms with van der Waals surface area (Å²) in [6.07, 6.45) is 0.121. The molecule has 4 heteroatoms. The van der Waals surface area contributed by atoms with Crippen LogP contribution in [0.4, 0.5) is 0 Å². The summed E-state index contributed by atoms with van der Waals surface area (Å²) < 4.78 is 10.8. The molecule has 0 aliphatic heterocycles. The average Bonchev–Trinajstić information content (AvgIpc) is 2.55. The third kappa shape index (κ3) is 4.95. The predicted octanol–water partition coefficient (Wildman–Crippen LogP) is 3.57. The van der Waals surface area contributed by atoms with E-state index in [1.54, 1.807) is 25.1 Å². The summed E-state index contributed by atoms with van der Waals surface area (Å²) in [5.74, 6) is 0.180. The highest BCUT2D eigenvalue weighted by Crippen LogP contribution is 2.23. The van der Waals surface area contributed by atoms with E-state index in [1.165, 1.54) is 6.92 Å². The van der Waals surface area contributed by atoms with Gasteiger partial charge in [-0.2, -0.15) is 0 Å². The van der Waals surface area contributed by atoms with Crippen LogP contribution >= 0.6 is 0 Å². The van der Waals surface area contributed by atoms with Gasteiger partial charge in [0.05, 0.1) is 13.0 Å². The maximum absolute atomic E-state index is 11.7. The molecule has 0 aliphatic rings. The number of hydrogen-bond acceptors (Lipinski definition) is 4. The highest BCUT2D eigenvalue weighted by molar-refractivity contribution is 5.94. The zero-order chi connectivity index (χ0) is 16.7. The van der Waals surface area contributed by atoms with Crippen molar-refractivity contribution in [3.8, 4) is 5.75 Å². The molecule has 2 aromatic rings. The topological polar surface area (TPSA) is 52.6 Å². The van der Waals surface area contributed by atoms with Crippen molar-refractivity contribution in [2.24, 2.45) is 0 Å². The number of benzene rings is 2. The molecule has 4 nitrogen and oxygen atoms in total. The number of ether oxygens (including phenoxy) is 2. The van der Waals surface area contributed by atoms with Gasteiger partial charge in [0.15, 0.2) is 5.78 Å². The molecule has 120 valence electrons. The maximum atomic E-state index is 11.7. The molecule has 0 fully saturated rings. The van der Waals surface area contributed by atoms with E-state index >= 15 is 0 Å². The van der Waals surface area contributed by atoms with Gasteiger partial charge >= 0.3 is 5.97 Å². The molecule has 0 amide bonds. The van der Waals surface area contributed by atoms with E-state index in [9.17, 15) is 9.59 Å². The summed E-state index contributed by atoms with van der Waals surface area (Å²) in [5, 5.41) is 0. The van der Waals surface area contributed by atoms with E-state index in [0.29, 0.717) is 30.1 Å². The fourth-order valence-corrected chi connectivity index (χ4v) is 2.16. The lowest BCUT2D eigenvalue weighted by Gasteiger charge is -2.12. The van der Waals surface area contributed by atoms with Crippen LogP contribution in [0.5, 0.6) is 5.75 Å². The minimum Gasteiger partial charge on any atom is -0.489 e. The summed E-state index contributed by atoms with van der Waals surface area (Å²) in [6, 6.07) is 14.8. The average molecular weight is 312 g/mol. The molecule has 23 heavy (non-hydrogen) atoms. The second kappa shape index (κ2) is 8.13. The smallest absolute Gasteiger partial charge is 0.310 e. The minimum absolute atomic E-state index is 0.0442. The molecule has 0 saturated heterocycles. The Morgan fingerprint density at radius 1 is 1.04 bits per heavy atom. The van der Waals surface area contributed by atoms with E-state index in [2.05, 4.69) is 0 Å². The minimum atomic E-state index is -0.312. The van der Waals surface area contributed by atoms with Crippen LogP contribution in [0.3, 0.4) is 0 Å². The fourth-order valence-electron chi connectivity index (χ4n) is 2.16. The fraction of sp³-hybridized carbons (Fsp3) is 0.263. The second-order valence-corrected chi connectivity index (χ2v) is 5.13. The van der Waals surface area contributed by atoms with E-state index in [0.717, 1.165) is 5.56 Å². The van der Waals surface area contributed by atoms with Crippen LogP contribution in [0.2, 0.25) is 0 Å². The number of ketones is 1. The normalized spacial score (nSPS) is 10.2. The maximum Gasteiger partial charge on any atom is 0.310 e. The van der Waals surface area contributed by atoms with E-state index < -0.39 is 0 Å². The summed E-state index contributed by atoms with van der Waals surface area (Å²) >= 11 is 0. The Hall–Kier alpha value is -2.62. The number of esters is 1. The highest BCUT2D eigenvalue weighted by Gasteiger charge is 2.12. The first-order valence-electron chi connectivity index (χ1n) is 7.56. The molecule has 0 radical (unpaired) electrons. The summed E-state index contributed by atoms with van der Waals surface area (Å²) in [5.41, 5.74) is 2.29. The summed E-state index contributed by atoms with van der Waals surface area (Å²) in [7, 11) is 0. The van der Waals surface area contributed by atoms with Crippen molar-refractivity contribution >= 4 is 11.8 Å². The highest BCUT2D eigenvalue weighted by atomic mass is 16.5. The largest absolute Gasteiger partial charge is 0.489 e. The van der Waals surface area contributed by atoms with Crippen LogP contribution in [-0.2, 0) is 22.6 Å². The molecule has 0 saturated carbocycles. The third-order valence-electron chi connectivity index (χ3n) is 3.35. The molecule has 0 aliphatic carbocycles. The van der Waals surface area contributed by atoms with Gasteiger partial charge in [0.1, 0.15) is 12.4 Å². The molecule has 0 aromatic heterocycles. The van der Waals surface area contributed by atoms with Gasteiger partial charge in [0.25, 0.3) is 0 Å². The molecular formula is C19H20O4. The molecule has 0 unspecified atom stereocenters. The second-order valence-electron chi connectivity index (χ2n) is 5.13. The lowest BCUT2D eigenvalue weighted by molar-refractivity contribution is -0.142. The van der Waals surface area contributed by atoms with Crippen LogP contribution in [0, 0.1) is 0 Å². The van der Waals surface area contributed by atoms with Crippen molar-refractivity contribution in [2.45, 2.75) is 26.9 Å². The van der Waals surface area contributed by atoms with Crippen molar-refractivity contribution in [3.05, 3.63) is 65.2 Å². The van der Waals surface area contributed by atoms with Crippen LogP contribution in [-0.4, -0.2) is 18.4 Å². The first-order chi connectivity index (χ1) is 11.1. The predicted molar refractivity (Wildman–Crippen MR) is 87.6 cm³/mol. The van der Waals surface area contributed by atoms with Gasteiger partial charge in [-0.1, -0.05) is 42.5 Å². The number of Topliss-reactive ketones (excluding diaryl/α,β-unsaturated/α-hetero) is 1. The first-order valence-corrected chi connectivity index (χ1v) is 7.56. The molecule has 0 heterocycles. The Morgan fingerprint density at radius 2 is 1.78 bits per heavy atom. The number of rotatable bonds is 7. The van der Waals surface area contributed by atoms with Crippen molar-refractivity contribution in [1.29, 1.82) is 0 Å². The lowest BCUT2D eigenvalue weighted by Crippen LogP contribution is -2.09. The van der Waals surface area contributed by atoms with Gasteiger partial charge in [0, 0.05) is 11.1 Å². The Balaban J connectivity index is 2.20. The molecule has 0 atom stereocenters. The molecule has 0 spiro atoms. The van der Waals surface area contributed by atoms with Crippen LogP contribution in [0.15, 0.2) is 48.5 Å². The Bertz CT molecular complexity index is 677. The standard InChI is InChI=1S/C19H20O4/c1-3-22-19(21)12-17-10-9-16(14(2)20)11-18(17)23-13-15-7-5-4-6-8-15/h4-11H,3,12-13H2,1-2H3. The summed E-state index contributed by atoms with van der Waals surface area (Å²) in [4.78, 5) is 23.3. The van der Waals surface area contributed by atoms with Crippen molar-refractivity contribution in [1.82, 2.24) is 0 Å². The molecule has 0 bridgehead atoms. The van der Waals surface area contributed by atoms with Gasteiger partial charge in [-0.15, -0.1) is 0 Å². The van der Waals surface area contributed by atoms with Gasteiger partial charge < -0.3 is 9.47 Å². The third-order valence-corrected chi connectivity index (χ3v) is 3.35. The molecular weight excluding hydrogens is 292 g/mol. The van der Waals surface area contributed by atoms with Crippen molar-refractivity contribution < 1.29 is 19.1 Å². The Kier molecular flexibility index (Phi) is 5.92. The first kappa shape index (κ1) is 16.7. The van der Waals surface area contributed by atoms with Crippen molar-refractivity contribution in [2.75, 3.05) is 6.61 Å².